The SMILES string of the molecule is CCCOc1ccc(C(Br)CCC(C)C)cc1Br. The van der Waals surface area contributed by atoms with Gasteiger partial charge < -0.3 is 4.74 Å². The highest BCUT2D eigenvalue weighted by molar-refractivity contribution is 9.10. The number of rotatable bonds is 7. The molecule has 0 heterocycles. The van der Waals surface area contributed by atoms with Crippen molar-refractivity contribution in [2.24, 2.45) is 5.92 Å². The van der Waals surface area contributed by atoms with Gasteiger partial charge in [0.05, 0.1) is 11.1 Å². The lowest BCUT2D eigenvalue weighted by atomic mass is 10.0. The van der Waals surface area contributed by atoms with E-state index in [-0.39, 0.29) is 0 Å². The molecule has 0 amide bonds. The first kappa shape index (κ1) is 16.0. The molecule has 102 valence electrons. The number of hydrogen-bond acceptors (Lipinski definition) is 1. The number of hydrogen-bond donors (Lipinski definition) is 0. The van der Waals surface area contributed by atoms with Crippen molar-refractivity contribution in [3.8, 4) is 5.75 Å². The Morgan fingerprint density at radius 3 is 2.50 bits per heavy atom. The van der Waals surface area contributed by atoms with Gasteiger partial charge in [0.2, 0.25) is 0 Å². The Labute approximate surface area is 128 Å². The summed E-state index contributed by atoms with van der Waals surface area (Å²) in [4.78, 5) is 0.427. The van der Waals surface area contributed by atoms with E-state index in [9.17, 15) is 0 Å². The second-order valence-electron chi connectivity index (χ2n) is 4.98. The van der Waals surface area contributed by atoms with Crippen LogP contribution >= 0.6 is 31.9 Å². The highest BCUT2D eigenvalue weighted by Gasteiger charge is 2.11. The average molecular weight is 378 g/mol. The third kappa shape index (κ3) is 5.31. The summed E-state index contributed by atoms with van der Waals surface area (Å²) in [7, 11) is 0. The van der Waals surface area contributed by atoms with Crippen molar-refractivity contribution in [1.29, 1.82) is 0 Å². The smallest absolute Gasteiger partial charge is 0.133 e. The minimum absolute atomic E-state index is 0.427. The van der Waals surface area contributed by atoms with E-state index in [1.54, 1.807) is 0 Å². The van der Waals surface area contributed by atoms with E-state index in [1.165, 1.54) is 18.4 Å². The van der Waals surface area contributed by atoms with Gasteiger partial charge in [-0.15, -0.1) is 0 Å². The largest absolute Gasteiger partial charge is 0.492 e. The monoisotopic (exact) mass is 376 g/mol. The maximum absolute atomic E-state index is 5.66. The summed E-state index contributed by atoms with van der Waals surface area (Å²) in [5.41, 5.74) is 1.31. The van der Waals surface area contributed by atoms with E-state index >= 15 is 0 Å². The van der Waals surface area contributed by atoms with Crippen molar-refractivity contribution < 1.29 is 4.74 Å². The predicted octanol–water partition coefficient (Wildman–Crippen LogP) is 6.11. The van der Waals surface area contributed by atoms with Crippen LogP contribution in [0.1, 0.15) is 50.4 Å². The molecule has 0 aliphatic carbocycles. The molecule has 0 saturated heterocycles. The van der Waals surface area contributed by atoms with Gasteiger partial charge in [-0.25, -0.2) is 0 Å². The number of alkyl halides is 1. The number of ether oxygens (including phenoxy) is 1. The van der Waals surface area contributed by atoms with Gasteiger partial charge in [0.15, 0.2) is 0 Å². The normalized spacial score (nSPS) is 12.8. The van der Waals surface area contributed by atoms with Crippen LogP contribution in [0.25, 0.3) is 0 Å². The fourth-order valence-electron chi connectivity index (χ4n) is 1.69. The molecule has 0 spiro atoms. The first-order valence-electron chi connectivity index (χ1n) is 6.61. The van der Waals surface area contributed by atoms with Gasteiger partial charge in [-0.2, -0.15) is 0 Å². The van der Waals surface area contributed by atoms with Crippen molar-refractivity contribution in [1.82, 2.24) is 0 Å². The maximum atomic E-state index is 5.66. The number of halogens is 2. The van der Waals surface area contributed by atoms with Gasteiger partial charge in [0.1, 0.15) is 5.75 Å². The Hall–Kier alpha value is -0.0200. The fourth-order valence-corrected chi connectivity index (χ4v) is 2.75. The highest BCUT2D eigenvalue weighted by Crippen LogP contribution is 2.34. The van der Waals surface area contributed by atoms with Gasteiger partial charge in [-0.05, 0) is 58.8 Å². The molecule has 1 nitrogen and oxygen atoms in total. The van der Waals surface area contributed by atoms with E-state index in [0.29, 0.717) is 4.83 Å². The Morgan fingerprint density at radius 1 is 1.22 bits per heavy atom. The van der Waals surface area contributed by atoms with Crippen molar-refractivity contribution in [3.63, 3.8) is 0 Å². The van der Waals surface area contributed by atoms with Crippen LogP contribution in [0.5, 0.6) is 5.75 Å². The summed E-state index contributed by atoms with van der Waals surface area (Å²) in [6.45, 7) is 7.40. The van der Waals surface area contributed by atoms with Crippen molar-refractivity contribution >= 4 is 31.9 Å². The molecule has 0 bridgehead atoms. The molecule has 0 aliphatic heterocycles. The van der Waals surface area contributed by atoms with E-state index in [2.05, 4.69) is 70.8 Å². The maximum Gasteiger partial charge on any atom is 0.133 e. The van der Waals surface area contributed by atoms with Gasteiger partial charge in [0.25, 0.3) is 0 Å². The van der Waals surface area contributed by atoms with Crippen molar-refractivity contribution in [2.45, 2.75) is 44.9 Å². The van der Waals surface area contributed by atoms with E-state index in [4.69, 9.17) is 4.74 Å². The second kappa shape index (κ2) is 8.21. The summed E-state index contributed by atoms with van der Waals surface area (Å²) in [5, 5.41) is 0. The fraction of sp³-hybridized carbons (Fsp3) is 0.600. The van der Waals surface area contributed by atoms with Crippen LogP contribution in [0.4, 0.5) is 0 Å². The molecule has 0 saturated carbocycles. The Morgan fingerprint density at radius 2 is 1.94 bits per heavy atom. The topological polar surface area (TPSA) is 9.23 Å². The van der Waals surface area contributed by atoms with Gasteiger partial charge in [-0.1, -0.05) is 42.8 Å². The van der Waals surface area contributed by atoms with E-state index in [1.807, 2.05) is 0 Å². The summed E-state index contributed by atoms with van der Waals surface area (Å²) in [6.07, 6.45) is 3.44. The summed E-state index contributed by atoms with van der Waals surface area (Å²) in [5.74, 6) is 1.69. The second-order valence-corrected chi connectivity index (χ2v) is 6.94. The van der Waals surface area contributed by atoms with Crippen LogP contribution in [0.3, 0.4) is 0 Å². The van der Waals surface area contributed by atoms with Crippen LogP contribution in [-0.2, 0) is 0 Å². The zero-order chi connectivity index (χ0) is 13.5. The molecule has 1 aromatic rings. The average Bonchev–Trinajstić information content (AvgIpc) is 2.34. The molecule has 1 atom stereocenters. The molecule has 18 heavy (non-hydrogen) atoms. The van der Waals surface area contributed by atoms with Crippen LogP contribution in [0, 0.1) is 5.92 Å². The lowest BCUT2D eigenvalue weighted by molar-refractivity contribution is 0.315. The molecular weight excluding hydrogens is 356 g/mol. The molecule has 1 rings (SSSR count). The first-order valence-corrected chi connectivity index (χ1v) is 8.31. The Bertz CT molecular complexity index is 364. The van der Waals surface area contributed by atoms with E-state index in [0.717, 1.165) is 29.2 Å². The molecule has 0 N–H and O–H groups in total. The van der Waals surface area contributed by atoms with Crippen LogP contribution in [-0.4, -0.2) is 6.61 Å². The van der Waals surface area contributed by atoms with Crippen LogP contribution in [0.15, 0.2) is 22.7 Å². The van der Waals surface area contributed by atoms with Crippen molar-refractivity contribution in [3.05, 3.63) is 28.2 Å². The molecule has 3 heteroatoms. The molecule has 1 aromatic carbocycles. The molecule has 1 unspecified atom stereocenters. The molecule has 0 radical (unpaired) electrons. The van der Waals surface area contributed by atoms with Gasteiger partial charge >= 0.3 is 0 Å². The predicted molar refractivity (Wildman–Crippen MR) is 85.7 cm³/mol. The summed E-state index contributed by atoms with van der Waals surface area (Å²) < 4.78 is 6.70. The van der Waals surface area contributed by atoms with Gasteiger partial charge in [-0.3, -0.25) is 0 Å². The zero-order valence-electron chi connectivity index (χ0n) is 11.4. The van der Waals surface area contributed by atoms with Crippen LogP contribution < -0.4 is 4.74 Å². The lowest BCUT2D eigenvalue weighted by Crippen LogP contribution is -1.98. The minimum Gasteiger partial charge on any atom is -0.492 e. The molecule has 0 aliphatic rings. The summed E-state index contributed by atoms with van der Waals surface area (Å²) in [6, 6.07) is 6.36. The molecule has 0 fully saturated rings. The Kier molecular flexibility index (Phi) is 7.31. The Balaban J connectivity index is 2.65. The first-order chi connectivity index (χ1) is 8.54. The van der Waals surface area contributed by atoms with Gasteiger partial charge in [0, 0.05) is 4.83 Å². The van der Waals surface area contributed by atoms with Crippen molar-refractivity contribution in [2.75, 3.05) is 6.61 Å². The zero-order valence-corrected chi connectivity index (χ0v) is 14.6. The lowest BCUT2D eigenvalue weighted by Gasteiger charge is -2.14. The quantitative estimate of drug-likeness (QED) is 0.520. The highest BCUT2D eigenvalue weighted by atomic mass is 79.9. The standard InChI is InChI=1S/C15H22Br2O/c1-4-9-18-15-8-6-12(10-14(15)17)13(16)7-5-11(2)3/h6,8,10-11,13H,4-5,7,9H2,1-3H3. The third-order valence-electron chi connectivity index (χ3n) is 2.78. The van der Waals surface area contributed by atoms with E-state index < -0.39 is 0 Å². The minimum atomic E-state index is 0.427. The summed E-state index contributed by atoms with van der Waals surface area (Å²) >= 11 is 7.34. The number of benzene rings is 1. The van der Waals surface area contributed by atoms with Crippen LogP contribution in [0.2, 0.25) is 0 Å². The molecule has 0 aromatic heterocycles. The molecular formula is C15H22Br2O. The third-order valence-corrected chi connectivity index (χ3v) is 4.38.